The minimum absolute atomic E-state index is 0. The highest BCUT2D eigenvalue weighted by Crippen LogP contribution is 2.19. The van der Waals surface area contributed by atoms with Crippen LogP contribution in [0.5, 0.6) is 0 Å². The molecule has 0 saturated carbocycles. The molecule has 0 fully saturated rings. The van der Waals surface area contributed by atoms with Crippen LogP contribution >= 0.6 is 11.8 Å². The minimum atomic E-state index is 0. The molecule has 82 valence electrons. The summed E-state index contributed by atoms with van der Waals surface area (Å²) >= 11 is 1.83. The van der Waals surface area contributed by atoms with E-state index in [0.29, 0.717) is 0 Å². The van der Waals surface area contributed by atoms with Gasteiger partial charge in [-0.25, -0.2) is 4.99 Å². The van der Waals surface area contributed by atoms with Gasteiger partial charge >= 0.3 is 0 Å². The Morgan fingerprint density at radius 1 is 1.47 bits per heavy atom. The van der Waals surface area contributed by atoms with E-state index in [1.54, 1.807) is 0 Å². The summed E-state index contributed by atoms with van der Waals surface area (Å²) < 4.78 is 0. The van der Waals surface area contributed by atoms with Crippen LogP contribution in [0, 0.1) is 0 Å². The topological polar surface area (TPSA) is 40.0 Å². The molecule has 0 aliphatic carbocycles. The standard InChI is InChI=1S/C11H14N2S.ClH/c1-11(7-14-8-13-11)6-9-4-2-3-5-10(9)12;/h2-5,8H,6-7,12H2,1H3;1H. The first-order chi connectivity index (χ1) is 6.70. The SMILES string of the molecule is CC1(Cc2ccccc2N)CSC=[NH+]1.[Cl-]. The summed E-state index contributed by atoms with van der Waals surface area (Å²) in [4.78, 5) is 3.39. The predicted octanol–water partition coefficient (Wildman–Crippen LogP) is -2.57. The average molecular weight is 243 g/mol. The van der Waals surface area contributed by atoms with E-state index < -0.39 is 0 Å². The summed E-state index contributed by atoms with van der Waals surface area (Å²) in [6.45, 7) is 2.23. The molecule has 2 nitrogen and oxygen atoms in total. The lowest BCUT2D eigenvalue weighted by molar-refractivity contribution is -0.531. The third-order valence-corrected chi connectivity index (χ3v) is 3.62. The third-order valence-electron chi connectivity index (χ3n) is 2.53. The van der Waals surface area contributed by atoms with E-state index in [9.17, 15) is 0 Å². The number of nitrogens with one attached hydrogen (secondary N) is 1. The highest BCUT2D eigenvalue weighted by Gasteiger charge is 2.33. The first-order valence-electron chi connectivity index (χ1n) is 4.74. The minimum Gasteiger partial charge on any atom is -1.00 e. The maximum atomic E-state index is 5.91. The number of anilines is 1. The van der Waals surface area contributed by atoms with Crippen molar-refractivity contribution in [3.8, 4) is 0 Å². The molecule has 1 aromatic rings. The summed E-state index contributed by atoms with van der Waals surface area (Å²) in [6, 6.07) is 8.08. The Balaban J connectivity index is 0.00000112. The summed E-state index contributed by atoms with van der Waals surface area (Å²) in [5.41, 5.74) is 10.3. The maximum Gasteiger partial charge on any atom is 0.197 e. The summed E-state index contributed by atoms with van der Waals surface area (Å²) in [5, 5.41) is 0. The molecule has 0 radical (unpaired) electrons. The first kappa shape index (κ1) is 12.4. The largest absolute Gasteiger partial charge is 1.00 e. The lowest BCUT2D eigenvalue weighted by atomic mass is 9.95. The van der Waals surface area contributed by atoms with E-state index in [1.807, 2.05) is 30.0 Å². The Morgan fingerprint density at radius 2 is 2.20 bits per heavy atom. The summed E-state index contributed by atoms with van der Waals surface area (Å²) in [5.74, 6) is 1.11. The Labute approximate surface area is 101 Å². The van der Waals surface area contributed by atoms with Gasteiger partial charge in [0, 0.05) is 19.0 Å². The highest BCUT2D eigenvalue weighted by atomic mass is 35.5. The van der Waals surface area contributed by atoms with E-state index in [0.717, 1.165) is 17.9 Å². The molecule has 2 rings (SSSR count). The monoisotopic (exact) mass is 242 g/mol. The van der Waals surface area contributed by atoms with Crippen LogP contribution in [-0.4, -0.2) is 16.8 Å². The van der Waals surface area contributed by atoms with Crippen molar-refractivity contribution in [1.82, 2.24) is 0 Å². The number of hydrogen-bond donors (Lipinski definition) is 2. The molecule has 1 atom stereocenters. The molecule has 1 heterocycles. The Hall–Kier alpha value is -0.670. The van der Waals surface area contributed by atoms with Gasteiger partial charge in [-0.05, 0) is 11.6 Å². The van der Waals surface area contributed by atoms with Crippen LogP contribution in [0.1, 0.15) is 12.5 Å². The molecule has 0 amide bonds. The molecule has 15 heavy (non-hydrogen) atoms. The van der Waals surface area contributed by atoms with Crippen molar-refractivity contribution in [2.75, 3.05) is 11.5 Å². The number of nitrogens with two attached hydrogens (primary N) is 1. The fourth-order valence-corrected chi connectivity index (χ4v) is 2.67. The Kier molecular flexibility index (Phi) is 4.05. The van der Waals surface area contributed by atoms with E-state index in [1.165, 1.54) is 5.56 Å². The maximum absolute atomic E-state index is 5.91. The van der Waals surface area contributed by atoms with Crippen LogP contribution in [0.4, 0.5) is 5.69 Å². The van der Waals surface area contributed by atoms with Crippen LogP contribution in [0.2, 0.25) is 0 Å². The van der Waals surface area contributed by atoms with Gasteiger partial charge in [-0.3, -0.25) is 0 Å². The third kappa shape index (κ3) is 2.89. The van der Waals surface area contributed by atoms with Crippen molar-refractivity contribution >= 4 is 23.0 Å². The van der Waals surface area contributed by atoms with Gasteiger partial charge in [0.2, 0.25) is 0 Å². The van der Waals surface area contributed by atoms with Crippen LogP contribution in [0.15, 0.2) is 24.3 Å². The fraction of sp³-hybridized carbons (Fsp3) is 0.364. The zero-order valence-corrected chi connectivity index (χ0v) is 10.2. The quantitative estimate of drug-likeness (QED) is 0.560. The molecule has 1 unspecified atom stereocenters. The van der Waals surface area contributed by atoms with E-state index in [-0.39, 0.29) is 17.9 Å². The van der Waals surface area contributed by atoms with E-state index >= 15 is 0 Å². The van der Waals surface area contributed by atoms with Crippen molar-refractivity contribution in [1.29, 1.82) is 0 Å². The van der Waals surface area contributed by atoms with Crippen molar-refractivity contribution in [3.63, 3.8) is 0 Å². The van der Waals surface area contributed by atoms with Crippen LogP contribution < -0.4 is 23.1 Å². The molecule has 1 aliphatic rings. The van der Waals surface area contributed by atoms with Crippen LogP contribution in [0.25, 0.3) is 0 Å². The van der Waals surface area contributed by atoms with Crippen molar-refractivity contribution in [3.05, 3.63) is 29.8 Å². The first-order valence-corrected chi connectivity index (χ1v) is 5.79. The molecule has 0 aromatic heterocycles. The Bertz CT molecular complexity index is 367. The summed E-state index contributed by atoms with van der Waals surface area (Å²) in [7, 11) is 0. The predicted molar refractivity (Wildman–Crippen MR) is 62.4 cm³/mol. The molecule has 3 N–H and O–H groups in total. The lowest BCUT2D eigenvalue weighted by Crippen LogP contribution is -3.00. The number of thioether (sulfide) groups is 1. The van der Waals surface area contributed by atoms with Gasteiger partial charge in [-0.2, -0.15) is 0 Å². The number of para-hydroxylation sites is 1. The Morgan fingerprint density at radius 3 is 2.80 bits per heavy atom. The van der Waals surface area contributed by atoms with E-state index in [2.05, 4.69) is 23.5 Å². The van der Waals surface area contributed by atoms with Gasteiger partial charge < -0.3 is 18.1 Å². The molecule has 1 aromatic carbocycles. The van der Waals surface area contributed by atoms with Gasteiger partial charge in [0.1, 0.15) is 0 Å². The number of hydrogen-bond acceptors (Lipinski definition) is 2. The molecule has 0 saturated heterocycles. The highest BCUT2D eigenvalue weighted by molar-refractivity contribution is 8.12. The zero-order valence-electron chi connectivity index (χ0n) is 8.66. The van der Waals surface area contributed by atoms with Gasteiger partial charge in [-0.1, -0.05) is 30.0 Å². The number of halogens is 1. The van der Waals surface area contributed by atoms with Crippen molar-refractivity contribution in [2.24, 2.45) is 0 Å². The lowest BCUT2D eigenvalue weighted by Gasteiger charge is -2.15. The normalized spacial score (nSPS) is 23.8. The second-order valence-corrected chi connectivity index (χ2v) is 4.87. The van der Waals surface area contributed by atoms with E-state index in [4.69, 9.17) is 5.73 Å². The zero-order chi connectivity index (χ0) is 10.0. The van der Waals surface area contributed by atoms with Gasteiger partial charge in [0.05, 0.1) is 5.75 Å². The number of rotatable bonds is 2. The second-order valence-electron chi connectivity index (χ2n) is 4.01. The van der Waals surface area contributed by atoms with Gasteiger partial charge in [0.15, 0.2) is 11.1 Å². The second kappa shape index (κ2) is 4.90. The molecule has 4 heteroatoms. The smallest absolute Gasteiger partial charge is 0.197 e. The van der Waals surface area contributed by atoms with Gasteiger partial charge in [0.25, 0.3) is 0 Å². The van der Waals surface area contributed by atoms with Gasteiger partial charge in [-0.15, -0.1) is 0 Å². The average Bonchev–Trinajstić information content (AvgIpc) is 2.57. The van der Waals surface area contributed by atoms with Crippen molar-refractivity contribution in [2.45, 2.75) is 18.9 Å². The fourth-order valence-electron chi connectivity index (χ4n) is 1.67. The molecular weight excluding hydrogens is 228 g/mol. The molecule has 0 bridgehead atoms. The molecular formula is C11H15ClN2S. The summed E-state index contributed by atoms with van der Waals surface area (Å²) in [6.07, 6.45) is 0.989. The number of benzene rings is 1. The van der Waals surface area contributed by atoms with Crippen LogP contribution in [0.3, 0.4) is 0 Å². The molecule has 1 aliphatic heterocycles. The molecule has 0 spiro atoms. The van der Waals surface area contributed by atoms with Crippen LogP contribution in [-0.2, 0) is 6.42 Å². The number of nitrogen functional groups attached to an aromatic ring is 1. The van der Waals surface area contributed by atoms with Crippen molar-refractivity contribution < 1.29 is 17.4 Å².